The molecule has 0 saturated carbocycles. The van der Waals surface area contributed by atoms with Crippen molar-refractivity contribution in [3.8, 4) is 0 Å². The van der Waals surface area contributed by atoms with Gasteiger partial charge in [0, 0.05) is 6.42 Å². The Hall–Kier alpha value is -0.520. The molecule has 1 radical (unpaired) electrons. The van der Waals surface area contributed by atoms with Gasteiger partial charge in [-0.05, 0) is 13.3 Å². The van der Waals surface area contributed by atoms with E-state index in [2.05, 4.69) is 32.4 Å². The van der Waals surface area contributed by atoms with Crippen LogP contribution in [0.5, 0.6) is 0 Å². The molecule has 0 fully saturated rings. The first-order valence-corrected chi connectivity index (χ1v) is 3.55. The smallest absolute Gasteiger partial charge is 0.00835 e. The molecule has 0 N–H and O–H groups in total. The number of hydrogen-bond donors (Lipinski definition) is 0. The first kappa shape index (κ1) is 6.60. The highest BCUT2D eigenvalue weighted by atomic mass is 14.1. The van der Waals surface area contributed by atoms with Crippen molar-refractivity contribution < 1.29 is 0 Å². The molecule has 0 unspecified atom stereocenters. The molecule has 0 spiro atoms. The maximum Gasteiger partial charge on any atom is 0.00835 e. The van der Waals surface area contributed by atoms with Gasteiger partial charge in [-0.2, -0.15) is 0 Å². The van der Waals surface area contributed by atoms with Gasteiger partial charge in [0.05, 0.1) is 0 Å². The highest BCUT2D eigenvalue weighted by Crippen LogP contribution is 2.18. The molecule has 0 nitrogen and oxygen atoms in total. The third kappa shape index (κ3) is 1.70. The molecule has 0 aromatic rings. The Morgan fingerprint density at radius 2 is 2.22 bits per heavy atom. The van der Waals surface area contributed by atoms with Gasteiger partial charge in [0.2, 0.25) is 0 Å². The summed E-state index contributed by atoms with van der Waals surface area (Å²) in [4.78, 5) is 0. The van der Waals surface area contributed by atoms with Crippen molar-refractivity contribution in [3.05, 3.63) is 29.7 Å². The summed E-state index contributed by atoms with van der Waals surface area (Å²) in [5.74, 6) is 0. The van der Waals surface area contributed by atoms with Gasteiger partial charge in [0.25, 0.3) is 0 Å². The minimum absolute atomic E-state index is 1.23. The summed E-state index contributed by atoms with van der Waals surface area (Å²) in [6.07, 6.45) is 9.12. The van der Waals surface area contributed by atoms with E-state index in [0.717, 1.165) is 0 Å². The van der Waals surface area contributed by atoms with Gasteiger partial charge < -0.3 is 0 Å². The zero-order valence-corrected chi connectivity index (χ0v) is 6.15. The largest absolute Gasteiger partial charge is 0.0732 e. The van der Waals surface area contributed by atoms with Crippen molar-refractivity contribution in [1.82, 2.24) is 0 Å². The molecule has 0 heteroatoms. The van der Waals surface area contributed by atoms with Crippen molar-refractivity contribution in [2.45, 2.75) is 26.7 Å². The van der Waals surface area contributed by atoms with E-state index in [4.69, 9.17) is 0 Å². The molecule has 1 aliphatic rings. The van der Waals surface area contributed by atoms with Crippen molar-refractivity contribution in [3.63, 3.8) is 0 Å². The van der Waals surface area contributed by atoms with E-state index >= 15 is 0 Å². The fourth-order valence-corrected chi connectivity index (χ4v) is 1.07. The van der Waals surface area contributed by atoms with Crippen LogP contribution in [0.4, 0.5) is 0 Å². The van der Waals surface area contributed by atoms with E-state index in [0.29, 0.717) is 0 Å². The van der Waals surface area contributed by atoms with E-state index in [9.17, 15) is 0 Å². The summed E-state index contributed by atoms with van der Waals surface area (Å²) >= 11 is 0. The molecular weight excluding hydrogens is 108 g/mol. The number of allylic oxidation sites excluding steroid dienone is 4. The van der Waals surface area contributed by atoms with Crippen LogP contribution in [0, 0.1) is 6.42 Å². The highest BCUT2D eigenvalue weighted by Gasteiger charge is 1.99. The van der Waals surface area contributed by atoms with Crippen LogP contribution in [0.2, 0.25) is 0 Å². The fourth-order valence-electron chi connectivity index (χ4n) is 1.07. The standard InChI is InChI=1S/C9H13/c1-3-4-9-6-5-8(2)7-9/h5-7H,3-4H2,1-2H3. The second-order valence-corrected chi connectivity index (χ2v) is 2.55. The first-order chi connectivity index (χ1) is 4.33. The molecule has 1 rings (SSSR count). The summed E-state index contributed by atoms with van der Waals surface area (Å²) in [5.41, 5.74) is 2.87. The molecule has 9 heavy (non-hydrogen) atoms. The minimum atomic E-state index is 1.23. The lowest BCUT2D eigenvalue weighted by Crippen LogP contribution is -1.71. The van der Waals surface area contributed by atoms with Gasteiger partial charge in [-0.3, -0.25) is 0 Å². The lowest BCUT2D eigenvalue weighted by molar-refractivity contribution is 0.928. The molecular formula is C9H13. The number of hydrogen-bond acceptors (Lipinski definition) is 0. The first-order valence-electron chi connectivity index (χ1n) is 3.55. The van der Waals surface area contributed by atoms with E-state index in [1.54, 1.807) is 0 Å². The second-order valence-electron chi connectivity index (χ2n) is 2.55. The molecule has 1 aliphatic carbocycles. The zero-order valence-electron chi connectivity index (χ0n) is 6.15. The Bertz CT molecular complexity index is 149. The molecule has 0 bridgehead atoms. The molecule has 49 valence electrons. The van der Waals surface area contributed by atoms with Crippen LogP contribution >= 0.6 is 0 Å². The Morgan fingerprint density at radius 1 is 1.44 bits per heavy atom. The predicted molar refractivity (Wildman–Crippen MR) is 41.0 cm³/mol. The predicted octanol–water partition coefficient (Wildman–Crippen LogP) is 2.88. The number of rotatable bonds is 2. The third-order valence-corrected chi connectivity index (χ3v) is 1.51. The van der Waals surface area contributed by atoms with Gasteiger partial charge in [0.1, 0.15) is 0 Å². The quantitative estimate of drug-likeness (QED) is 0.527. The summed E-state index contributed by atoms with van der Waals surface area (Å²) in [5, 5.41) is 0. The Balaban J connectivity index is 2.43. The Labute approximate surface area is 57.3 Å². The molecule has 0 saturated heterocycles. The Kier molecular flexibility index (Phi) is 2.10. The SMILES string of the molecule is CCCC1=C[CH]C(C)=C1. The zero-order chi connectivity index (χ0) is 6.69. The van der Waals surface area contributed by atoms with E-state index < -0.39 is 0 Å². The van der Waals surface area contributed by atoms with Crippen LogP contribution in [0.15, 0.2) is 23.3 Å². The summed E-state index contributed by atoms with van der Waals surface area (Å²) in [7, 11) is 0. The summed E-state index contributed by atoms with van der Waals surface area (Å²) in [6, 6.07) is 0. The van der Waals surface area contributed by atoms with Gasteiger partial charge in [0.15, 0.2) is 0 Å². The summed E-state index contributed by atoms with van der Waals surface area (Å²) < 4.78 is 0. The molecule has 0 aromatic heterocycles. The second kappa shape index (κ2) is 2.86. The average Bonchev–Trinajstić information content (AvgIpc) is 2.17. The van der Waals surface area contributed by atoms with Crippen LogP contribution < -0.4 is 0 Å². The lowest BCUT2D eigenvalue weighted by Gasteiger charge is -1.90. The Morgan fingerprint density at radius 3 is 2.67 bits per heavy atom. The summed E-state index contributed by atoms with van der Waals surface area (Å²) in [6.45, 7) is 4.35. The normalized spacial score (nSPS) is 17.6. The van der Waals surface area contributed by atoms with Crippen LogP contribution in [0.3, 0.4) is 0 Å². The van der Waals surface area contributed by atoms with Gasteiger partial charge in [-0.1, -0.05) is 36.6 Å². The van der Waals surface area contributed by atoms with Crippen LogP contribution in [0.25, 0.3) is 0 Å². The van der Waals surface area contributed by atoms with Gasteiger partial charge in [-0.25, -0.2) is 0 Å². The van der Waals surface area contributed by atoms with Crippen molar-refractivity contribution >= 4 is 0 Å². The monoisotopic (exact) mass is 121 g/mol. The average molecular weight is 121 g/mol. The molecule has 0 amide bonds. The molecule has 0 aliphatic heterocycles. The molecule has 0 atom stereocenters. The molecule has 0 heterocycles. The van der Waals surface area contributed by atoms with Crippen LogP contribution in [0.1, 0.15) is 26.7 Å². The highest BCUT2D eigenvalue weighted by molar-refractivity contribution is 5.39. The van der Waals surface area contributed by atoms with E-state index in [1.807, 2.05) is 0 Å². The third-order valence-electron chi connectivity index (χ3n) is 1.51. The maximum absolute atomic E-state index is 2.25. The topological polar surface area (TPSA) is 0 Å². The molecule has 0 aromatic carbocycles. The fraction of sp³-hybridized carbons (Fsp3) is 0.444. The maximum atomic E-state index is 2.25. The minimum Gasteiger partial charge on any atom is -0.0732 e. The lowest BCUT2D eigenvalue weighted by atomic mass is 10.2. The van der Waals surface area contributed by atoms with Crippen molar-refractivity contribution in [2.75, 3.05) is 0 Å². The van der Waals surface area contributed by atoms with E-state index in [-0.39, 0.29) is 0 Å². The van der Waals surface area contributed by atoms with Gasteiger partial charge in [-0.15, -0.1) is 0 Å². The van der Waals surface area contributed by atoms with Gasteiger partial charge >= 0.3 is 0 Å². The van der Waals surface area contributed by atoms with Crippen molar-refractivity contribution in [1.29, 1.82) is 0 Å². The van der Waals surface area contributed by atoms with Crippen LogP contribution in [-0.2, 0) is 0 Å². The van der Waals surface area contributed by atoms with Crippen molar-refractivity contribution in [2.24, 2.45) is 0 Å². The van der Waals surface area contributed by atoms with Crippen LogP contribution in [-0.4, -0.2) is 0 Å². The van der Waals surface area contributed by atoms with E-state index in [1.165, 1.54) is 24.0 Å².